The van der Waals surface area contributed by atoms with Gasteiger partial charge in [0, 0.05) is 10.6 Å². The number of esters is 1. The van der Waals surface area contributed by atoms with E-state index in [0.29, 0.717) is 5.69 Å². The van der Waals surface area contributed by atoms with Crippen LogP contribution in [0.3, 0.4) is 0 Å². The average molecular weight is 398 g/mol. The van der Waals surface area contributed by atoms with Gasteiger partial charge in [0.05, 0.1) is 17.4 Å². The predicted molar refractivity (Wildman–Crippen MR) is 109 cm³/mol. The summed E-state index contributed by atoms with van der Waals surface area (Å²) in [5.41, 5.74) is 3.45. The number of para-hydroxylation sites is 1. The van der Waals surface area contributed by atoms with Crippen molar-refractivity contribution in [3.05, 3.63) is 53.6 Å². The molecular formula is C21H22N2O4S. The molecule has 1 aliphatic rings. The molecule has 0 saturated heterocycles. The van der Waals surface area contributed by atoms with Crippen LogP contribution in [0.1, 0.15) is 24.5 Å². The molecule has 0 aromatic heterocycles. The molecular weight excluding hydrogens is 376 g/mol. The third-order valence-corrected chi connectivity index (χ3v) is 5.65. The number of benzene rings is 2. The van der Waals surface area contributed by atoms with E-state index in [1.165, 1.54) is 18.7 Å². The number of carbonyl (C=O) groups is 3. The highest BCUT2D eigenvalue weighted by Crippen LogP contribution is 2.36. The fourth-order valence-electron chi connectivity index (χ4n) is 2.87. The first-order valence-corrected chi connectivity index (χ1v) is 9.85. The van der Waals surface area contributed by atoms with Gasteiger partial charge in [-0.2, -0.15) is 0 Å². The highest BCUT2D eigenvalue weighted by atomic mass is 32.2. The summed E-state index contributed by atoms with van der Waals surface area (Å²) in [6.07, 6.45) is -1.07. The van der Waals surface area contributed by atoms with Crippen molar-refractivity contribution >= 4 is 40.9 Å². The Bertz CT molecular complexity index is 928. The van der Waals surface area contributed by atoms with E-state index in [0.717, 1.165) is 21.7 Å². The monoisotopic (exact) mass is 398 g/mol. The molecule has 146 valence electrons. The topological polar surface area (TPSA) is 84.5 Å². The van der Waals surface area contributed by atoms with Gasteiger partial charge in [-0.1, -0.05) is 29.8 Å². The summed E-state index contributed by atoms with van der Waals surface area (Å²) in [6.45, 7) is 5.39. The molecule has 2 amide bonds. The minimum Gasteiger partial charge on any atom is -0.452 e. The molecule has 6 nitrogen and oxygen atoms in total. The Morgan fingerprint density at radius 2 is 1.96 bits per heavy atom. The van der Waals surface area contributed by atoms with Crippen LogP contribution in [-0.2, 0) is 19.1 Å². The van der Waals surface area contributed by atoms with Crippen LogP contribution in [0.15, 0.2) is 47.4 Å². The van der Waals surface area contributed by atoms with Crippen molar-refractivity contribution in [1.29, 1.82) is 0 Å². The zero-order chi connectivity index (χ0) is 20.3. The van der Waals surface area contributed by atoms with E-state index >= 15 is 0 Å². The maximum absolute atomic E-state index is 12.3. The molecule has 2 atom stereocenters. The predicted octanol–water partition coefficient (Wildman–Crippen LogP) is 3.68. The summed E-state index contributed by atoms with van der Waals surface area (Å²) in [5.74, 6) is -1.24. The Kier molecular flexibility index (Phi) is 6.04. The largest absolute Gasteiger partial charge is 0.452 e. The first-order chi connectivity index (χ1) is 13.3. The van der Waals surface area contributed by atoms with Crippen LogP contribution in [0.2, 0.25) is 0 Å². The van der Waals surface area contributed by atoms with E-state index in [4.69, 9.17) is 4.74 Å². The molecule has 3 rings (SSSR count). The zero-order valence-electron chi connectivity index (χ0n) is 15.9. The quantitative estimate of drug-likeness (QED) is 0.751. The lowest BCUT2D eigenvalue weighted by molar-refractivity contribution is -0.153. The van der Waals surface area contributed by atoms with E-state index in [2.05, 4.69) is 10.6 Å². The van der Waals surface area contributed by atoms with Crippen LogP contribution < -0.4 is 10.6 Å². The maximum atomic E-state index is 12.3. The van der Waals surface area contributed by atoms with Crippen LogP contribution in [-0.4, -0.2) is 29.1 Å². The van der Waals surface area contributed by atoms with Crippen LogP contribution in [0.5, 0.6) is 0 Å². The minimum atomic E-state index is -0.961. The summed E-state index contributed by atoms with van der Waals surface area (Å²) in [7, 11) is 0. The van der Waals surface area contributed by atoms with Crippen molar-refractivity contribution in [3.8, 4) is 0 Å². The fraction of sp³-hybridized carbons (Fsp3) is 0.286. The summed E-state index contributed by atoms with van der Waals surface area (Å²) < 4.78 is 5.24. The highest BCUT2D eigenvalue weighted by molar-refractivity contribution is 8.01. The van der Waals surface area contributed by atoms with E-state index in [1.807, 2.05) is 56.3 Å². The molecule has 2 aromatic rings. The second-order valence-corrected chi connectivity index (χ2v) is 7.98. The van der Waals surface area contributed by atoms with Gasteiger partial charge in [0.1, 0.15) is 0 Å². The number of aryl methyl sites for hydroxylation is 2. The Labute approximate surface area is 168 Å². The Balaban J connectivity index is 1.55. The molecule has 2 aromatic carbocycles. The van der Waals surface area contributed by atoms with Crippen molar-refractivity contribution in [2.24, 2.45) is 0 Å². The normalized spacial score (nSPS) is 16.5. The summed E-state index contributed by atoms with van der Waals surface area (Å²) in [6, 6.07) is 13.1. The summed E-state index contributed by atoms with van der Waals surface area (Å²) in [4.78, 5) is 37.7. The molecule has 0 radical (unpaired) electrons. The molecule has 28 heavy (non-hydrogen) atoms. The standard InChI is InChI=1S/C21H22N2O4S/c1-12-8-9-15(13(2)10-12)22-20(25)14(3)27-19(24)11-18-21(26)23-16-6-4-5-7-17(16)28-18/h4-10,14,18H,11H2,1-3H3,(H,22,25)(H,23,26)/t14-,18-/m0/s1. The van der Waals surface area contributed by atoms with Gasteiger partial charge in [0.25, 0.3) is 5.91 Å². The van der Waals surface area contributed by atoms with Gasteiger partial charge in [-0.3, -0.25) is 14.4 Å². The summed E-state index contributed by atoms with van der Waals surface area (Å²) in [5, 5.41) is 4.97. The molecule has 0 bridgehead atoms. The Morgan fingerprint density at radius 3 is 2.71 bits per heavy atom. The molecule has 0 fully saturated rings. The van der Waals surface area contributed by atoms with Gasteiger partial charge in [-0.15, -0.1) is 11.8 Å². The third kappa shape index (κ3) is 4.72. The number of thioether (sulfide) groups is 1. The maximum Gasteiger partial charge on any atom is 0.308 e. The van der Waals surface area contributed by atoms with Crippen LogP contribution >= 0.6 is 11.8 Å². The SMILES string of the molecule is Cc1ccc(NC(=O)[C@H](C)OC(=O)C[C@@H]2Sc3ccccc3NC2=O)c(C)c1. The van der Waals surface area contributed by atoms with Crippen LogP contribution in [0.25, 0.3) is 0 Å². The lowest BCUT2D eigenvalue weighted by Gasteiger charge is -2.23. The minimum absolute atomic E-state index is 0.105. The fourth-order valence-corrected chi connectivity index (χ4v) is 3.96. The Hall–Kier alpha value is -2.80. The van der Waals surface area contributed by atoms with Crippen molar-refractivity contribution in [3.63, 3.8) is 0 Å². The van der Waals surface area contributed by atoms with Crippen LogP contribution in [0, 0.1) is 13.8 Å². The van der Waals surface area contributed by atoms with Gasteiger partial charge < -0.3 is 15.4 Å². The summed E-state index contributed by atoms with van der Waals surface area (Å²) >= 11 is 1.32. The third-order valence-electron chi connectivity index (χ3n) is 4.38. The van der Waals surface area contributed by atoms with E-state index in [-0.39, 0.29) is 12.3 Å². The number of hydrogen-bond acceptors (Lipinski definition) is 5. The van der Waals surface area contributed by atoms with Gasteiger partial charge in [-0.05, 0) is 44.5 Å². The number of hydrogen-bond donors (Lipinski definition) is 2. The van der Waals surface area contributed by atoms with E-state index in [9.17, 15) is 14.4 Å². The molecule has 0 unspecified atom stereocenters. The van der Waals surface area contributed by atoms with Crippen molar-refractivity contribution in [1.82, 2.24) is 0 Å². The van der Waals surface area contributed by atoms with Gasteiger partial charge in [0.2, 0.25) is 5.91 Å². The average Bonchev–Trinajstić information content (AvgIpc) is 2.64. The number of nitrogens with one attached hydrogen (secondary N) is 2. The second kappa shape index (κ2) is 8.48. The van der Waals surface area contributed by atoms with Crippen molar-refractivity contribution in [2.75, 3.05) is 10.6 Å². The van der Waals surface area contributed by atoms with Gasteiger partial charge in [-0.25, -0.2) is 0 Å². The van der Waals surface area contributed by atoms with Crippen LogP contribution in [0.4, 0.5) is 11.4 Å². The number of rotatable bonds is 5. The number of fused-ring (bicyclic) bond motifs is 1. The lowest BCUT2D eigenvalue weighted by atomic mass is 10.1. The first kappa shape index (κ1) is 19.9. The number of ether oxygens (including phenoxy) is 1. The van der Waals surface area contributed by atoms with E-state index in [1.54, 1.807) is 0 Å². The lowest BCUT2D eigenvalue weighted by Crippen LogP contribution is -2.34. The number of carbonyl (C=O) groups excluding carboxylic acids is 3. The number of amides is 2. The van der Waals surface area contributed by atoms with Crippen molar-refractivity contribution in [2.45, 2.75) is 43.4 Å². The van der Waals surface area contributed by atoms with Crippen molar-refractivity contribution < 1.29 is 19.1 Å². The Morgan fingerprint density at radius 1 is 1.21 bits per heavy atom. The molecule has 0 saturated carbocycles. The first-order valence-electron chi connectivity index (χ1n) is 8.97. The molecule has 0 aliphatic carbocycles. The molecule has 1 heterocycles. The zero-order valence-corrected chi connectivity index (χ0v) is 16.8. The molecule has 0 spiro atoms. The van der Waals surface area contributed by atoms with Gasteiger partial charge in [0.15, 0.2) is 6.10 Å². The smallest absolute Gasteiger partial charge is 0.308 e. The molecule has 1 aliphatic heterocycles. The molecule has 2 N–H and O–H groups in total. The van der Waals surface area contributed by atoms with Gasteiger partial charge >= 0.3 is 5.97 Å². The van der Waals surface area contributed by atoms with E-state index < -0.39 is 23.2 Å². The molecule has 7 heteroatoms. The highest BCUT2D eigenvalue weighted by Gasteiger charge is 2.30. The second-order valence-electron chi connectivity index (χ2n) is 6.74. The number of anilines is 2.